The normalized spacial score (nSPS) is 20.4. The number of allylic oxidation sites excluding steroid dienone is 2. The molecule has 106 valence electrons. The Balaban J connectivity index is 1.79. The smallest absolute Gasteiger partial charge is 0.123 e. The second kappa shape index (κ2) is 5.75. The third-order valence-corrected chi connectivity index (χ3v) is 4.10. The van der Waals surface area contributed by atoms with Crippen molar-refractivity contribution in [1.29, 1.82) is 0 Å². The van der Waals surface area contributed by atoms with Crippen LogP contribution in [-0.4, -0.2) is 18.8 Å². The summed E-state index contributed by atoms with van der Waals surface area (Å²) in [5, 5.41) is 3.34. The number of nitrogens with zero attached hydrogens (tertiary/aromatic N) is 1. The van der Waals surface area contributed by atoms with E-state index in [0.717, 1.165) is 61.4 Å². The molecule has 1 aromatic carbocycles. The molecular weight excluding hydrogens is 253 g/mol. The van der Waals surface area contributed by atoms with E-state index < -0.39 is 0 Å². The molecular formula is C16H20FN3. The van der Waals surface area contributed by atoms with Crippen molar-refractivity contribution in [1.82, 2.24) is 5.32 Å². The summed E-state index contributed by atoms with van der Waals surface area (Å²) in [7, 11) is 0. The monoisotopic (exact) mass is 273 g/mol. The number of nitrogens with one attached hydrogen (secondary N) is 1. The highest BCUT2D eigenvalue weighted by Gasteiger charge is 2.17. The number of nitrogens with two attached hydrogens (primary N) is 1. The zero-order valence-electron chi connectivity index (χ0n) is 11.5. The van der Waals surface area contributed by atoms with E-state index in [9.17, 15) is 4.39 Å². The van der Waals surface area contributed by atoms with Gasteiger partial charge < -0.3 is 11.1 Å². The van der Waals surface area contributed by atoms with Crippen LogP contribution in [0.5, 0.6) is 0 Å². The summed E-state index contributed by atoms with van der Waals surface area (Å²) >= 11 is 0. The molecule has 1 aromatic rings. The van der Waals surface area contributed by atoms with E-state index in [-0.39, 0.29) is 5.82 Å². The third kappa shape index (κ3) is 2.90. The highest BCUT2D eigenvalue weighted by Crippen LogP contribution is 2.27. The molecule has 2 heterocycles. The molecule has 0 saturated carbocycles. The lowest BCUT2D eigenvalue weighted by atomic mass is 9.93. The van der Waals surface area contributed by atoms with Crippen LogP contribution < -0.4 is 11.1 Å². The van der Waals surface area contributed by atoms with Crippen molar-refractivity contribution >= 4 is 11.4 Å². The highest BCUT2D eigenvalue weighted by atomic mass is 19.1. The molecule has 1 fully saturated rings. The zero-order chi connectivity index (χ0) is 13.9. The predicted molar refractivity (Wildman–Crippen MR) is 79.7 cm³/mol. The van der Waals surface area contributed by atoms with Gasteiger partial charge in [0.05, 0.1) is 5.69 Å². The van der Waals surface area contributed by atoms with Gasteiger partial charge in [0.25, 0.3) is 0 Å². The minimum atomic E-state index is -0.188. The maximum absolute atomic E-state index is 13.2. The van der Waals surface area contributed by atoms with Gasteiger partial charge in [0, 0.05) is 17.3 Å². The lowest BCUT2D eigenvalue weighted by Crippen LogP contribution is -2.30. The minimum absolute atomic E-state index is 0.188. The molecule has 3 nitrogen and oxygen atoms in total. The molecule has 2 aliphatic heterocycles. The molecule has 0 spiro atoms. The first-order chi connectivity index (χ1) is 9.72. The van der Waals surface area contributed by atoms with Gasteiger partial charge in [0.1, 0.15) is 5.82 Å². The number of halogens is 1. The van der Waals surface area contributed by atoms with E-state index in [1.54, 1.807) is 12.1 Å². The second-order valence-electron chi connectivity index (χ2n) is 5.54. The first-order valence-corrected chi connectivity index (χ1v) is 7.26. The van der Waals surface area contributed by atoms with Crippen LogP contribution in [0.2, 0.25) is 0 Å². The molecule has 0 bridgehead atoms. The van der Waals surface area contributed by atoms with Crippen LogP contribution in [0.25, 0.3) is 0 Å². The molecule has 20 heavy (non-hydrogen) atoms. The maximum atomic E-state index is 13.2. The van der Waals surface area contributed by atoms with E-state index >= 15 is 0 Å². The van der Waals surface area contributed by atoms with Crippen LogP contribution in [-0.2, 0) is 6.42 Å². The van der Waals surface area contributed by atoms with Crippen LogP contribution in [0, 0.1) is 11.7 Å². The number of hydrogen-bond acceptors (Lipinski definition) is 3. The molecule has 0 aliphatic carbocycles. The van der Waals surface area contributed by atoms with Crippen molar-refractivity contribution in [2.75, 3.05) is 13.1 Å². The first-order valence-electron chi connectivity index (χ1n) is 7.26. The summed E-state index contributed by atoms with van der Waals surface area (Å²) in [5.74, 6) is 0.278. The molecule has 4 heteroatoms. The number of aryl methyl sites for hydroxylation is 1. The Labute approximate surface area is 118 Å². The van der Waals surface area contributed by atoms with Gasteiger partial charge in [-0.25, -0.2) is 4.39 Å². The van der Waals surface area contributed by atoms with Crippen LogP contribution in [0.1, 0.15) is 24.8 Å². The van der Waals surface area contributed by atoms with Crippen molar-refractivity contribution in [3.63, 3.8) is 0 Å². The van der Waals surface area contributed by atoms with Gasteiger partial charge in [-0.2, -0.15) is 0 Å². The van der Waals surface area contributed by atoms with Gasteiger partial charge in [0.15, 0.2) is 0 Å². The van der Waals surface area contributed by atoms with E-state index in [0.29, 0.717) is 5.92 Å². The summed E-state index contributed by atoms with van der Waals surface area (Å²) in [6.45, 7) is 2.07. The number of piperidine rings is 1. The molecule has 0 unspecified atom stereocenters. The summed E-state index contributed by atoms with van der Waals surface area (Å²) in [6.07, 6.45) is 5.89. The highest BCUT2D eigenvalue weighted by molar-refractivity contribution is 5.98. The quantitative estimate of drug-likeness (QED) is 0.870. The van der Waals surface area contributed by atoms with Gasteiger partial charge in [-0.15, -0.1) is 0 Å². The first kappa shape index (κ1) is 13.3. The van der Waals surface area contributed by atoms with Gasteiger partial charge in [-0.3, -0.25) is 4.99 Å². The number of hydrogen-bond donors (Lipinski definition) is 2. The third-order valence-electron chi connectivity index (χ3n) is 4.10. The predicted octanol–water partition coefficient (Wildman–Crippen LogP) is 2.69. The SMILES string of the molecule is N/C(=C\C1=Nc2ccc(F)cc2CC1)C1CCNCC1. The van der Waals surface area contributed by atoms with E-state index in [4.69, 9.17) is 5.73 Å². The lowest BCUT2D eigenvalue weighted by Gasteiger charge is -2.23. The fourth-order valence-electron chi connectivity index (χ4n) is 2.91. The molecule has 0 atom stereocenters. The molecule has 1 saturated heterocycles. The summed E-state index contributed by atoms with van der Waals surface area (Å²) in [4.78, 5) is 4.60. The number of rotatable bonds is 2. The fourth-order valence-corrected chi connectivity index (χ4v) is 2.91. The van der Waals surface area contributed by atoms with Crippen molar-refractivity contribution < 1.29 is 4.39 Å². The Hall–Kier alpha value is -1.68. The molecule has 3 N–H and O–H groups in total. The Morgan fingerprint density at radius 2 is 2.10 bits per heavy atom. The Kier molecular flexibility index (Phi) is 3.83. The largest absolute Gasteiger partial charge is 0.402 e. The second-order valence-corrected chi connectivity index (χ2v) is 5.54. The van der Waals surface area contributed by atoms with Crippen LogP contribution in [0.3, 0.4) is 0 Å². The molecule has 0 amide bonds. The number of aliphatic imine (C=N–C) groups is 1. The van der Waals surface area contributed by atoms with Crippen LogP contribution in [0.4, 0.5) is 10.1 Å². The molecule has 0 aromatic heterocycles. The topological polar surface area (TPSA) is 50.4 Å². The maximum Gasteiger partial charge on any atom is 0.123 e. The Morgan fingerprint density at radius 1 is 1.30 bits per heavy atom. The number of benzene rings is 1. The zero-order valence-corrected chi connectivity index (χ0v) is 11.5. The molecule has 2 aliphatic rings. The van der Waals surface area contributed by atoms with E-state index in [2.05, 4.69) is 10.3 Å². The van der Waals surface area contributed by atoms with Crippen molar-refractivity contribution in [2.45, 2.75) is 25.7 Å². The minimum Gasteiger partial charge on any atom is -0.402 e. The molecule has 3 rings (SSSR count). The molecule has 0 radical (unpaired) electrons. The summed E-state index contributed by atoms with van der Waals surface area (Å²) in [6, 6.07) is 4.79. The standard InChI is InChI=1S/C16H20FN3/c17-13-2-4-16-12(9-13)1-3-14(20-16)10-15(18)11-5-7-19-8-6-11/h2,4,9-11,19H,1,3,5-8,18H2/b15-10-. The van der Waals surface area contributed by atoms with E-state index in [1.807, 2.05) is 6.08 Å². The van der Waals surface area contributed by atoms with Crippen LogP contribution in [0.15, 0.2) is 35.0 Å². The van der Waals surface area contributed by atoms with Gasteiger partial charge in [-0.05, 0) is 68.6 Å². The van der Waals surface area contributed by atoms with Crippen molar-refractivity contribution in [3.8, 4) is 0 Å². The van der Waals surface area contributed by atoms with Gasteiger partial charge in [-0.1, -0.05) is 0 Å². The summed E-state index contributed by atoms with van der Waals surface area (Å²) in [5.41, 5.74) is 10.0. The Bertz CT molecular complexity index is 557. The lowest BCUT2D eigenvalue weighted by molar-refractivity contribution is 0.417. The average molecular weight is 273 g/mol. The van der Waals surface area contributed by atoms with Crippen molar-refractivity contribution in [2.24, 2.45) is 16.6 Å². The fraction of sp³-hybridized carbons (Fsp3) is 0.438. The van der Waals surface area contributed by atoms with Crippen molar-refractivity contribution in [3.05, 3.63) is 41.4 Å². The van der Waals surface area contributed by atoms with Gasteiger partial charge in [0.2, 0.25) is 0 Å². The van der Waals surface area contributed by atoms with Gasteiger partial charge >= 0.3 is 0 Å². The van der Waals surface area contributed by atoms with Crippen LogP contribution >= 0.6 is 0 Å². The Morgan fingerprint density at radius 3 is 2.90 bits per heavy atom. The summed E-state index contributed by atoms with van der Waals surface area (Å²) < 4.78 is 13.2. The van der Waals surface area contributed by atoms with E-state index in [1.165, 1.54) is 6.07 Å². The number of fused-ring (bicyclic) bond motifs is 1. The average Bonchev–Trinajstić information content (AvgIpc) is 2.48.